The van der Waals surface area contributed by atoms with Crippen LogP contribution in [0.1, 0.15) is 31.5 Å². The lowest BCUT2D eigenvalue weighted by Gasteiger charge is -2.26. The molecular weight excluding hydrogens is 302 g/mol. The monoisotopic (exact) mass is 323 g/mol. The number of H-pyrrole nitrogens is 1. The zero-order chi connectivity index (χ0) is 15.3. The predicted octanol–water partition coefficient (Wildman–Crippen LogP) is 1.89. The molecule has 8 heteroatoms. The van der Waals surface area contributed by atoms with E-state index in [9.17, 15) is 8.42 Å². The summed E-state index contributed by atoms with van der Waals surface area (Å²) >= 11 is 5.84. The van der Waals surface area contributed by atoms with Crippen LogP contribution in [-0.2, 0) is 20.6 Å². The fourth-order valence-corrected chi connectivity index (χ4v) is 4.14. The Bertz CT molecular complexity index is 530. The first-order chi connectivity index (χ1) is 9.39. The van der Waals surface area contributed by atoms with Crippen molar-refractivity contribution >= 4 is 21.6 Å². The molecule has 0 aliphatic heterocycles. The summed E-state index contributed by atoms with van der Waals surface area (Å²) in [5, 5.41) is 6.63. The van der Waals surface area contributed by atoms with E-state index >= 15 is 0 Å². The van der Waals surface area contributed by atoms with Gasteiger partial charge in [-0.1, -0.05) is 6.92 Å². The van der Waals surface area contributed by atoms with Crippen LogP contribution in [0.4, 0.5) is 0 Å². The van der Waals surface area contributed by atoms with Crippen molar-refractivity contribution in [3.05, 3.63) is 11.3 Å². The number of methoxy groups -OCH3 is 1. The van der Waals surface area contributed by atoms with E-state index in [1.165, 1.54) is 4.31 Å². The van der Waals surface area contributed by atoms with Gasteiger partial charge in [0.15, 0.2) is 5.03 Å². The number of nitrogens with zero attached hydrogens (tertiary/aromatic N) is 2. The van der Waals surface area contributed by atoms with E-state index in [1.807, 2.05) is 13.8 Å². The smallest absolute Gasteiger partial charge is 0.263 e. The average Bonchev–Trinajstić information content (AvgIpc) is 2.80. The Morgan fingerprint density at radius 3 is 2.65 bits per heavy atom. The third-order valence-corrected chi connectivity index (χ3v) is 5.57. The van der Waals surface area contributed by atoms with Crippen LogP contribution in [0.15, 0.2) is 5.03 Å². The quantitative estimate of drug-likeness (QED) is 0.741. The van der Waals surface area contributed by atoms with Crippen LogP contribution in [0.2, 0.25) is 0 Å². The van der Waals surface area contributed by atoms with Crippen molar-refractivity contribution < 1.29 is 13.2 Å². The van der Waals surface area contributed by atoms with Gasteiger partial charge in [-0.3, -0.25) is 5.10 Å². The SMILES string of the molecule is CCC(C)N(CCOC)S(=O)(=O)c1n[nH]c(C)c1CCl. The maximum absolute atomic E-state index is 12.8. The van der Waals surface area contributed by atoms with Crippen molar-refractivity contribution in [2.45, 2.75) is 44.1 Å². The number of nitrogens with one attached hydrogen (secondary N) is 1. The summed E-state index contributed by atoms with van der Waals surface area (Å²) < 4.78 is 31.9. The van der Waals surface area contributed by atoms with Gasteiger partial charge in [0, 0.05) is 31.0 Å². The van der Waals surface area contributed by atoms with Crippen LogP contribution in [-0.4, -0.2) is 49.2 Å². The first-order valence-electron chi connectivity index (χ1n) is 6.50. The van der Waals surface area contributed by atoms with Gasteiger partial charge >= 0.3 is 0 Å². The van der Waals surface area contributed by atoms with E-state index in [4.69, 9.17) is 16.3 Å². The van der Waals surface area contributed by atoms with Crippen molar-refractivity contribution in [3.63, 3.8) is 0 Å². The highest BCUT2D eigenvalue weighted by molar-refractivity contribution is 7.89. The minimum atomic E-state index is -3.68. The Hall–Kier alpha value is -0.630. The Balaban J connectivity index is 3.21. The molecule has 0 saturated heterocycles. The molecule has 1 N–H and O–H groups in total. The molecule has 0 aliphatic rings. The Morgan fingerprint density at radius 1 is 1.50 bits per heavy atom. The zero-order valence-corrected chi connectivity index (χ0v) is 13.9. The normalized spacial score (nSPS) is 13.9. The standard InChI is InChI=1S/C12H22ClN3O3S/c1-5-9(2)16(6-7-19-4)20(17,18)12-11(8-13)10(3)14-15-12/h9H,5-8H2,1-4H3,(H,14,15). The Morgan fingerprint density at radius 2 is 2.15 bits per heavy atom. The molecule has 0 amide bonds. The van der Waals surface area contributed by atoms with Crippen LogP contribution in [0, 0.1) is 6.92 Å². The Labute approximate surface area is 125 Å². The summed E-state index contributed by atoms with van der Waals surface area (Å²) in [4.78, 5) is 0. The second-order valence-corrected chi connectivity index (χ2v) is 6.70. The molecule has 1 aromatic heterocycles. The number of sulfonamides is 1. The summed E-state index contributed by atoms with van der Waals surface area (Å²) in [6, 6.07) is -0.129. The number of aromatic nitrogens is 2. The van der Waals surface area contributed by atoms with Crippen molar-refractivity contribution in [1.82, 2.24) is 14.5 Å². The first-order valence-corrected chi connectivity index (χ1v) is 8.48. The zero-order valence-electron chi connectivity index (χ0n) is 12.3. The second-order valence-electron chi connectivity index (χ2n) is 4.63. The maximum Gasteiger partial charge on any atom is 0.263 e. The van der Waals surface area contributed by atoms with E-state index in [0.717, 1.165) is 0 Å². The van der Waals surface area contributed by atoms with Gasteiger partial charge in [-0.25, -0.2) is 8.42 Å². The molecule has 1 rings (SSSR count). The summed E-state index contributed by atoms with van der Waals surface area (Å²) in [5.74, 6) is 0.107. The van der Waals surface area contributed by atoms with Gasteiger partial charge in [-0.15, -0.1) is 11.6 Å². The molecule has 0 bridgehead atoms. The van der Waals surface area contributed by atoms with Gasteiger partial charge in [-0.05, 0) is 20.3 Å². The van der Waals surface area contributed by atoms with E-state index in [0.29, 0.717) is 30.8 Å². The van der Waals surface area contributed by atoms with Gasteiger partial charge in [0.2, 0.25) is 0 Å². The largest absolute Gasteiger partial charge is 0.383 e. The summed E-state index contributed by atoms with van der Waals surface area (Å²) in [5.41, 5.74) is 1.20. The molecular formula is C12H22ClN3O3S. The van der Waals surface area contributed by atoms with Crippen molar-refractivity contribution in [2.75, 3.05) is 20.3 Å². The van der Waals surface area contributed by atoms with E-state index in [-0.39, 0.29) is 16.9 Å². The number of ether oxygens (including phenoxy) is 1. The fraction of sp³-hybridized carbons (Fsp3) is 0.750. The number of hydrogen-bond donors (Lipinski definition) is 1. The number of aromatic amines is 1. The number of hydrogen-bond acceptors (Lipinski definition) is 4. The summed E-state index contributed by atoms with van der Waals surface area (Å²) in [7, 11) is -2.13. The van der Waals surface area contributed by atoms with Gasteiger partial charge in [0.1, 0.15) is 0 Å². The molecule has 0 aromatic carbocycles. The molecule has 0 aliphatic carbocycles. The lowest BCUT2D eigenvalue weighted by atomic mass is 10.3. The minimum Gasteiger partial charge on any atom is -0.383 e. The van der Waals surface area contributed by atoms with E-state index in [2.05, 4.69) is 10.2 Å². The van der Waals surface area contributed by atoms with E-state index in [1.54, 1.807) is 14.0 Å². The van der Waals surface area contributed by atoms with Gasteiger partial charge in [-0.2, -0.15) is 9.40 Å². The molecule has 1 aromatic rings. The maximum atomic E-state index is 12.8. The Kier molecular flexibility index (Phi) is 6.44. The molecule has 1 unspecified atom stereocenters. The third-order valence-electron chi connectivity index (χ3n) is 3.32. The molecule has 6 nitrogen and oxygen atoms in total. The molecule has 0 saturated carbocycles. The second kappa shape index (κ2) is 7.40. The number of halogens is 1. The molecule has 0 spiro atoms. The van der Waals surface area contributed by atoms with Crippen LogP contribution < -0.4 is 0 Å². The number of alkyl halides is 1. The highest BCUT2D eigenvalue weighted by Crippen LogP contribution is 2.24. The van der Waals surface area contributed by atoms with Crippen molar-refractivity contribution in [1.29, 1.82) is 0 Å². The molecule has 1 atom stereocenters. The number of rotatable bonds is 8. The highest BCUT2D eigenvalue weighted by atomic mass is 35.5. The van der Waals surface area contributed by atoms with Gasteiger partial charge < -0.3 is 4.74 Å². The predicted molar refractivity (Wildman–Crippen MR) is 78.4 cm³/mol. The minimum absolute atomic E-state index is 0.0152. The van der Waals surface area contributed by atoms with Crippen LogP contribution in [0.5, 0.6) is 0 Å². The first kappa shape index (κ1) is 17.4. The molecule has 0 radical (unpaired) electrons. The average molecular weight is 324 g/mol. The van der Waals surface area contributed by atoms with Crippen molar-refractivity contribution in [3.8, 4) is 0 Å². The summed E-state index contributed by atoms with van der Waals surface area (Å²) in [6.07, 6.45) is 0.711. The fourth-order valence-electron chi connectivity index (χ4n) is 1.87. The molecule has 0 fully saturated rings. The van der Waals surface area contributed by atoms with Crippen LogP contribution >= 0.6 is 11.6 Å². The third kappa shape index (κ3) is 3.52. The topological polar surface area (TPSA) is 75.3 Å². The van der Waals surface area contributed by atoms with Gasteiger partial charge in [0.25, 0.3) is 10.0 Å². The van der Waals surface area contributed by atoms with Crippen LogP contribution in [0.25, 0.3) is 0 Å². The van der Waals surface area contributed by atoms with Crippen molar-refractivity contribution in [2.24, 2.45) is 0 Å². The number of aryl methyl sites for hydroxylation is 1. The molecule has 20 heavy (non-hydrogen) atoms. The molecule has 1 heterocycles. The molecule has 116 valence electrons. The lowest BCUT2D eigenvalue weighted by molar-refractivity contribution is 0.167. The van der Waals surface area contributed by atoms with Crippen LogP contribution in [0.3, 0.4) is 0 Å². The van der Waals surface area contributed by atoms with Gasteiger partial charge in [0.05, 0.1) is 12.5 Å². The van der Waals surface area contributed by atoms with E-state index < -0.39 is 10.0 Å². The lowest BCUT2D eigenvalue weighted by Crippen LogP contribution is -2.40. The summed E-state index contributed by atoms with van der Waals surface area (Å²) in [6.45, 7) is 6.20. The highest BCUT2D eigenvalue weighted by Gasteiger charge is 2.32.